The van der Waals surface area contributed by atoms with E-state index in [9.17, 15) is 0 Å². The lowest BCUT2D eigenvalue weighted by atomic mass is 10.9. The van der Waals surface area contributed by atoms with Crippen LogP contribution in [0, 0.1) is 0 Å². The van der Waals surface area contributed by atoms with Crippen molar-refractivity contribution in [3.63, 3.8) is 0 Å². The molecular weight excluding hydrogens is 353 g/mol. The van der Waals surface area contributed by atoms with Gasteiger partial charge in [-0.3, -0.25) is 0 Å². The molecule has 0 fully saturated rings. The largest absolute Gasteiger partial charge is 0.500 e. The van der Waals surface area contributed by atoms with Crippen LogP contribution in [0.5, 0.6) is 0 Å². The second kappa shape index (κ2) is 15.8. The van der Waals surface area contributed by atoms with Gasteiger partial charge in [-0.25, -0.2) is 0 Å². The Bertz CT molecular complexity index is 206. The topological polar surface area (TPSA) is 46.2 Å². The zero-order valence-corrected chi connectivity index (χ0v) is 22.5. The van der Waals surface area contributed by atoms with Crippen LogP contribution in [-0.2, 0) is 21.5 Å². The van der Waals surface area contributed by atoms with Gasteiger partial charge in [0.2, 0.25) is 0 Å². The fraction of sp³-hybridized carbons (Fsp3) is 1.00. The zero-order chi connectivity index (χ0) is 16.7. The summed E-state index contributed by atoms with van der Waals surface area (Å²) in [5.41, 5.74) is 0. The highest BCUT2D eigenvalue weighted by Crippen LogP contribution is 2.19. The second-order valence-corrected chi connectivity index (χ2v) is 15.7. The highest BCUT2D eigenvalue weighted by Gasteiger charge is 2.40. The van der Waals surface area contributed by atoms with Crippen molar-refractivity contribution >= 4 is 47.9 Å². The fourth-order valence-corrected chi connectivity index (χ4v) is 7.48. The van der Waals surface area contributed by atoms with Gasteiger partial charge < -0.3 is 21.5 Å². The molecule has 0 bridgehead atoms. The van der Waals surface area contributed by atoms with Crippen LogP contribution in [-0.4, -0.2) is 67.7 Å². The lowest BCUT2D eigenvalue weighted by Crippen LogP contribution is -2.46. The van der Waals surface area contributed by atoms with Gasteiger partial charge in [-0.15, -0.1) is 0 Å². The van der Waals surface area contributed by atoms with E-state index >= 15 is 0 Å². The summed E-state index contributed by atoms with van der Waals surface area (Å²) >= 11 is 0. The molecule has 130 valence electrons. The maximum Gasteiger partial charge on any atom is 0.500 e. The Morgan fingerprint density at radius 1 is 0.810 bits per heavy atom. The molecule has 0 saturated carbocycles. The molecule has 0 N–H and O–H groups in total. The molecule has 0 rings (SSSR count). The van der Waals surface area contributed by atoms with Gasteiger partial charge in [-0.2, -0.15) is 0 Å². The van der Waals surface area contributed by atoms with Crippen molar-refractivity contribution in [3.05, 3.63) is 0 Å². The third-order valence-electron chi connectivity index (χ3n) is 2.82. The molecule has 0 radical (unpaired) electrons. The van der Waals surface area contributed by atoms with E-state index in [1.807, 2.05) is 20.8 Å². The van der Waals surface area contributed by atoms with Gasteiger partial charge >= 0.3 is 8.80 Å². The molecule has 0 aliphatic heterocycles. The SMILES string of the molecule is CCO[Si](CC[SiH](C)O[SiH3])(OCC)OCC.C[SiH](C)O[SiH3]. The van der Waals surface area contributed by atoms with Crippen LogP contribution in [0.25, 0.3) is 0 Å². The summed E-state index contributed by atoms with van der Waals surface area (Å²) in [7, 11) is -2.22. The Morgan fingerprint density at radius 2 is 1.19 bits per heavy atom. The van der Waals surface area contributed by atoms with E-state index in [0.717, 1.165) is 33.1 Å². The van der Waals surface area contributed by atoms with Crippen molar-refractivity contribution in [2.45, 2.75) is 52.5 Å². The van der Waals surface area contributed by atoms with Gasteiger partial charge in [-0.05, 0) is 46.5 Å². The summed E-state index contributed by atoms with van der Waals surface area (Å²) in [6.45, 7) is 14.5. The molecule has 21 heavy (non-hydrogen) atoms. The molecule has 0 aromatic rings. The third kappa shape index (κ3) is 14.2. The van der Waals surface area contributed by atoms with Gasteiger partial charge in [0.25, 0.3) is 0 Å². The average molecular weight is 389 g/mol. The first-order valence-corrected chi connectivity index (χ1v) is 16.7. The average Bonchev–Trinajstić information content (AvgIpc) is 2.46. The number of rotatable bonds is 11. The predicted octanol–water partition coefficient (Wildman–Crippen LogP) is -0.0478. The van der Waals surface area contributed by atoms with Gasteiger partial charge in [-0.1, -0.05) is 0 Å². The van der Waals surface area contributed by atoms with Crippen molar-refractivity contribution < 1.29 is 21.5 Å². The van der Waals surface area contributed by atoms with Crippen molar-refractivity contribution in [1.29, 1.82) is 0 Å². The van der Waals surface area contributed by atoms with Crippen LogP contribution >= 0.6 is 0 Å². The van der Waals surface area contributed by atoms with Gasteiger partial charge in [0.1, 0.15) is 21.0 Å². The maximum atomic E-state index is 5.78. The van der Waals surface area contributed by atoms with Crippen LogP contribution < -0.4 is 0 Å². The van der Waals surface area contributed by atoms with Gasteiger partial charge in [0.05, 0.1) is 0 Å². The number of hydrogen-bond acceptors (Lipinski definition) is 5. The highest BCUT2D eigenvalue weighted by molar-refractivity contribution is 6.64. The summed E-state index contributed by atoms with van der Waals surface area (Å²) in [5, 5.41) is 0. The molecule has 5 nitrogen and oxygen atoms in total. The first kappa shape index (κ1) is 24.1. The van der Waals surface area contributed by atoms with Crippen molar-refractivity contribution in [2.24, 2.45) is 0 Å². The Kier molecular flexibility index (Phi) is 18.1. The fourth-order valence-electron chi connectivity index (χ4n) is 1.50. The summed E-state index contributed by atoms with van der Waals surface area (Å²) in [6, 6.07) is 1.98. The quantitative estimate of drug-likeness (QED) is 0.465. The first-order valence-electron chi connectivity index (χ1n) is 7.88. The Balaban J connectivity index is 0. The van der Waals surface area contributed by atoms with E-state index in [2.05, 4.69) is 19.6 Å². The molecule has 10 heteroatoms. The standard InChI is InChI=1S/C9H26O4Si3.C2H10OSi2/c1-5-10-16(11-6-2,12-7-3)9-8-15(4)13-14;1-5(2)3-4/h15H,5-9H2,1-4,14H3;5H,1-2,4H3. The zero-order valence-electron chi connectivity index (χ0n) is 15.2. The third-order valence-corrected chi connectivity index (χ3v) is 14.6. The van der Waals surface area contributed by atoms with E-state index in [1.54, 1.807) is 0 Å². The minimum Gasteiger partial charge on any atom is -0.466 e. The minimum atomic E-state index is -2.40. The maximum absolute atomic E-state index is 5.78. The molecule has 0 heterocycles. The molecule has 0 aromatic heterocycles. The second-order valence-electron chi connectivity index (χ2n) is 4.85. The Morgan fingerprint density at radius 3 is 1.43 bits per heavy atom. The van der Waals surface area contributed by atoms with Crippen LogP contribution in [0.15, 0.2) is 0 Å². The van der Waals surface area contributed by atoms with Crippen LogP contribution in [0.4, 0.5) is 0 Å². The van der Waals surface area contributed by atoms with E-state index in [-0.39, 0.29) is 0 Å². The molecule has 0 amide bonds. The van der Waals surface area contributed by atoms with Crippen LogP contribution in [0.3, 0.4) is 0 Å². The first-order chi connectivity index (χ1) is 9.91. The van der Waals surface area contributed by atoms with E-state index in [4.69, 9.17) is 21.5 Å². The molecule has 0 aromatic carbocycles. The highest BCUT2D eigenvalue weighted by atomic mass is 28.4. The van der Waals surface area contributed by atoms with Crippen molar-refractivity contribution in [3.8, 4) is 0 Å². The van der Waals surface area contributed by atoms with Gasteiger partial charge in [0.15, 0.2) is 18.1 Å². The van der Waals surface area contributed by atoms with E-state index in [0.29, 0.717) is 19.8 Å². The normalized spacial score (nSPS) is 13.3. The summed E-state index contributed by atoms with van der Waals surface area (Å²) < 4.78 is 27.9. The number of hydrogen-bond donors (Lipinski definition) is 0. The lowest BCUT2D eigenvalue weighted by molar-refractivity contribution is 0.0724. The molecule has 0 aliphatic rings. The smallest absolute Gasteiger partial charge is 0.466 e. The predicted molar refractivity (Wildman–Crippen MR) is 104 cm³/mol. The Hall–Kier alpha value is 0.884. The molecule has 0 aliphatic carbocycles. The van der Waals surface area contributed by atoms with Gasteiger partial charge in [0, 0.05) is 25.9 Å². The van der Waals surface area contributed by atoms with E-state index < -0.39 is 26.9 Å². The molecule has 0 spiro atoms. The molecule has 0 saturated heterocycles. The molecular formula is C11H36O5Si5. The van der Waals surface area contributed by atoms with Crippen molar-refractivity contribution in [1.82, 2.24) is 0 Å². The molecule has 1 unspecified atom stereocenters. The summed E-state index contributed by atoms with van der Waals surface area (Å²) in [4.78, 5) is 0. The Labute approximate surface area is 142 Å². The monoisotopic (exact) mass is 388 g/mol. The van der Waals surface area contributed by atoms with Crippen molar-refractivity contribution in [2.75, 3.05) is 19.8 Å². The molecule has 1 atom stereocenters. The summed E-state index contributed by atoms with van der Waals surface area (Å²) in [5.74, 6) is 0. The van der Waals surface area contributed by atoms with Crippen LogP contribution in [0.1, 0.15) is 20.8 Å². The van der Waals surface area contributed by atoms with Crippen LogP contribution in [0.2, 0.25) is 31.7 Å². The lowest BCUT2D eigenvalue weighted by Gasteiger charge is -2.29. The summed E-state index contributed by atoms with van der Waals surface area (Å²) in [6.07, 6.45) is 0. The minimum absolute atomic E-state index is 0.588. The van der Waals surface area contributed by atoms with E-state index in [1.165, 1.54) is 0 Å².